The molecule has 4 heteroatoms. The van der Waals surface area contributed by atoms with Gasteiger partial charge in [-0.2, -0.15) is 5.26 Å². The lowest BCUT2D eigenvalue weighted by Gasteiger charge is -2.08. The Labute approximate surface area is 188 Å². The molecule has 0 aliphatic heterocycles. The van der Waals surface area contributed by atoms with E-state index >= 15 is 0 Å². The summed E-state index contributed by atoms with van der Waals surface area (Å²) in [5, 5.41) is 20.5. The van der Waals surface area contributed by atoms with Crippen molar-refractivity contribution < 1.29 is 9.90 Å². The van der Waals surface area contributed by atoms with E-state index in [0.29, 0.717) is 5.56 Å². The first kappa shape index (κ1) is 21.4. The van der Waals surface area contributed by atoms with E-state index in [1.165, 1.54) is 53.6 Å². The Hall–Kier alpha value is -3.84. The number of fused-ring (bicyclic) bond motifs is 3. The third-order valence-electron chi connectivity index (χ3n) is 5.91. The summed E-state index contributed by atoms with van der Waals surface area (Å²) in [6.45, 7) is 3.26. The molecular formula is C28H26N2O2. The van der Waals surface area contributed by atoms with Gasteiger partial charge in [0.25, 0.3) is 0 Å². The summed E-state index contributed by atoms with van der Waals surface area (Å²) in [5.41, 5.74) is 5.11. The SMILES string of the molecule is CCCCCCn1c2ccccc2c2cc(-c3ccc(/C=C(/C#N)C(=O)O)cc3)ccc21. The van der Waals surface area contributed by atoms with E-state index in [0.717, 1.165) is 17.7 Å². The van der Waals surface area contributed by atoms with E-state index in [-0.39, 0.29) is 5.57 Å². The van der Waals surface area contributed by atoms with Gasteiger partial charge < -0.3 is 9.67 Å². The topological polar surface area (TPSA) is 66.0 Å². The summed E-state index contributed by atoms with van der Waals surface area (Å²) in [5.74, 6) is -1.21. The highest BCUT2D eigenvalue weighted by Gasteiger charge is 2.11. The fourth-order valence-corrected chi connectivity index (χ4v) is 4.25. The number of rotatable bonds is 8. The fourth-order valence-electron chi connectivity index (χ4n) is 4.25. The van der Waals surface area contributed by atoms with Gasteiger partial charge in [0.05, 0.1) is 0 Å². The van der Waals surface area contributed by atoms with E-state index in [4.69, 9.17) is 10.4 Å². The van der Waals surface area contributed by atoms with Gasteiger partial charge in [-0.1, -0.05) is 74.7 Å². The molecule has 0 radical (unpaired) electrons. The zero-order valence-corrected chi connectivity index (χ0v) is 18.2. The summed E-state index contributed by atoms with van der Waals surface area (Å²) in [7, 11) is 0. The van der Waals surface area contributed by atoms with Crippen molar-refractivity contribution in [1.82, 2.24) is 4.57 Å². The Morgan fingerprint density at radius 3 is 2.38 bits per heavy atom. The Kier molecular flexibility index (Phi) is 6.37. The largest absolute Gasteiger partial charge is 0.477 e. The van der Waals surface area contributed by atoms with Crippen molar-refractivity contribution in [3.05, 3.63) is 77.9 Å². The molecule has 1 aromatic heterocycles. The number of aliphatic carboxylic acids is 1. The smallest absolute Gasteiger partial charge is 0.346 e. The molecule has 1 N–H and O–H groups in total. The minimum Gasteiger partial charge on any atom is -0.477 e. The minimum absolute atomic E-state index is 0.272. The summed E-state index contributed by atoms with van der Waals surface area (Å²) < 4.78 is 2.44. The summed E-state index contributed by atoms with van der Waals surface area (Å²) >= 11 is 0. The molecule has 0 saturated heterocycles. The van der Waals surface area contributed by atoms with E-state index in [1.807, 2.05) is 24.3 Å². The number of nitriles is 1. The quantitative estimate of drug-likeness (QED) is 0.188. The van der Waals surface area contributed by atoms with Gasteiger partial charge in [0.1, 0.15) is 11.6 Å². The second-order valence-electron chi connectivity index (χ2n) is 8.06. The molecule has 3 aromatic carbocycles. The maximum absolute atomic E-state index is 11.1. The molecule has 4 rings (SSSR count). The van der Waals surface area contributed by atoms with Gasteiger partial charge in [0.15, 0.2) is 0 Å². The number of benzene rings is 3. The van der Waals surface area contributed by atoms with Crippen LogP contribution in [0.4, 0.5) is 0 Å². The van der Waals surface area contributed by atoms with Crippen molar-refractivity contribution in [1.29, 1.82) is 5.26 Å². The van der Waals surface area contributed by atoms with Crippen LogP contribution < -0.4 is 0 Å². The average Bonchev–Trinajstić information content (AvgIpc) is 3.13. The number of aryl methyl sites for hydroxylation is 1. The molecule has 0 spiro atoms. The molecule has 0 amide bonds. The van der Waals surface area contributed by atoms with Gasteiger partial charge in [0.2, 0.25) is 0 Å². The number of carboxylic acids is 1. The molecule has 1 heterocycles. The number of carboxylic acid groups (broad SMARTS) is 1. The van der Waals surface area contributed by atoms with E-state index in [1.54, 1.807) is 6.07 Å². The Bertz CT molecular complexity index is 1340. The number of hydrogen-bond acceptors (Lipinski definition) is 2. The first-order valence-corrected chi connectivity index (χ1v) is 11.1. The van der Waals surface area contributed by atoms with Gasteiger partial charge in [-0.25, -0.2) is 4.79 Å². The van der Waals surface area contributed by atoms with Gasteiger partial charge in [-0.15, -0.1) is 0 Å². The van der Waals surface area contributed by atoms with Crippen LogP contribution in [0.1, 0.15) is 38.2 Å². The van der Waals surface area contributed by atoms with Gasteiger partial charge in [-0.05, 0) is 47.4 Å². The Morgan fingerprint density at radius 2 is 1.66 bits per heavy atom. The Balaban J connectivity index is 1.70. The maximum Gasteiger partial charge on any atom is 0.346 e. The van der Waals surface area contributed by atoms with E-state index < -0.39 is 5.97 Å². The summed E-state index contributed by atoms with van der Waals surface area (Å²) in [6.07, 6.45) is 6.33. The van der Waals surface area contributed by atoms with Crippen molar-refractivity contribution in [2.24, 2.45) is 0 Å². The van der Waals surface area contributed by atoms with Crippen molar-refractivity contribution in [3.63, 3.8) is 0 Å². The molecule has 0 fully saturated rings. The Morgan fingerprint density at radius 1 is 0.938 bits per heavy atom. The number of aromatic nitrogens is 1. The van der Waals surface area contributed by atoms with Crippen molar-refractivity contribution in [3.8, 4) is 17.2 Å². The molecule has 0 aliphatic rings. The zero-order valence-electron chi connectivity index (χ0n) is 18.2. The summed E-state index contributed by atoms with van der Waals surface area (Å²) in [4.78, 5) is 11.1. The van der Waals surface area contributed by atoms with Crippen LogP contribution in [0, 0.1) is 11.3 Å². The molecule has 0 aliphatic carbocycles. The standard InChI is InChI=1S/C28H26N2O2/c1-2-3-4-7-16-30-26-9-6-5-8-24(26)25-18-22(14-15-27(25)30)21-12-10-20(11-13-21)17-23(19-29)28(31)32/h5-6,8-15,17-18H,2-4,7,16H2,1H3,(H,31,32)/b23-17-. The highest BCUT2D eigenvalue weighted by Crippen LogP contribution is 2.33. The van der Waals surface area contributed by atoms with Crippen LogP contribution in [0.15, 0.2) is 72.3 Å². The first-order valence-electron chi connectivity index (χ1n) is 11.1. The summed E-state index contributed by atoms with van der Waals surface area (Å²) in [6, 6.07) is 24.5. The molecule has 0 saturated carbocycles. The van der Waals surface area contributed by atoms with Crippen LogP contribution in [0.3, 0.4) is 0 Å². The monoisotopic (exact) mass is 422 g/mol. The minimum atomic E-state index is -1.21. The molecule has 4 nitrogen and oxygen atoms in total. The third kappa shape index (κ3) is 4.29. The van der Waals surface area contributed by atoms with Crippen molar-refractivity contribution in [2.75, 3.05) is 0 Å². The lowest BCUT2D eigenvalue weighted by Crippen LogP contribution is -1.97. The first-order chi connectivity index (χ1) is 15.6. The highest BCUT2D eigenvalue weighted by atomic mass is 16.4. The van der Waals surface area contributed by atoms with Crippen molar-refractivity contribution in [2.45, 2.75) is 39.2 Å². The van der Waals surface area contributed by atoms with E-state index in [2.05, 4.69) is 54.0 Å². The van der Waals surface area contributed by atoms with Crippen LogP contribution >= 0.6 is 0 Å². The lowest BCUT2D eigenvalue weighted by atomic mass is 10.0. The van der Waals surface area contributed by atoms with Crippen LogP contribution in [-0.2, 0) is 11.3 Å². The molecule has 0 atom stereocenters. The van der Waals surface area contributed by atoms with Crippen LogP contribution in [0.2, 0.25) is 0 Å². The van der Waals surface area contributed by atoms with E-state index in [9.17, 15) is 4.79 Å². The molecular weight excluding hydrogens is 396 g/mol. The lowest BCUT2D eigenvalue weighted by molar-refractivity contribution is -0.132. The second kappa shape index (κ2) is 9.53. The number of para-hydroxylation sites is 1. The van der Waals surface area contributed by atoms with Gasteiger partial charge in [-0.3, -0.25) is 0 Å². The van der Waals surface area contributed by atoms with Crippen LogP contribution in [-0.4, -0.2) is 15.6 Å². The zero-order chi connectivity index (χ0) is 22.5. The van der Waals surface area contributed by atoms with Crippen molar-refractivity contribution >= 4 is 33.9 Å². The average molecular weight is 423 g/mol. The molecule has 0 bridgehead atoms. The number of carbonyl (C=O) groups is 1. The van der Waals surface area contributed by atoms with Gasteiger partial charge >= 0.3 is 5.97 Å². The van der Waals surface area contributed by atoms with Crippen LogP contribution in [0.5, 0.6) is 0 Å². The van der Waals surface area contributed by atoms with Gasteiger partial charge in [0, 0.05) is 28.4 Å². The normalized spacial score (nSPS) is 11.7. The highest BCUT2D eigenvalue weighted by molar-refractivity contribution is 6.09. The maximum atomic E-state index is 11.1. The number of nitrogens with zero attached hydrogens (tertiary/aromatic N) is 2. The predicted molar refractivity (Wildman–Crippen MR) is 130 cm³/mol. The predicted octanol–water partition coefficient (Wildman–Crippen LogP) is 7.03. The molecule has 160 valence electrons. The number of unbranched alkanes of at least 4 members (excludes halogenated alkanes) is 3. The number of hydrogen-bond donors (Lipinski definition) is 1. The molecule has 32 heavy (non-hydrogen) atoms. The fraction of sp³-hybridized carbons (Fsp3) is 0.214. The third-order valence-corrected chi connectivity index (χ3v) is 5.91. The molecule has 4 aromatic rings. The molecule has 0 unspecified atom stereocenters. The second-order valence-corrected chi connectivity index (χ2v) is 8.06. The van der Waals surface area contributed by atoms with Crippen LogP contribution in [0.25, 0.3) is 39.0 Å².